The molecule has 0 radical (unpaired) electrons. The number of nitrogens with one attached hydrogen (secondary N) is 2. The van der Waals surface area contributed by atoms with Crippen LogP contribution in [0.5, 0.6) is 0 Å². The second-order valence-corrected chi connectivity index (χ2v) is 9.44. The van der Waals surface area contributed by atoms with E-state index in [9.17, 15) is 24.6 Å². The van der Waals surface area contributed by atoms with Crippen molar-refractivity contribution in [1.29, 1.82) is 0 Å². The molecule has 12 nitrogen and oxygen atoms in total. The number of carbonyl (C=O) groups is 3. The molecule has 0 unspecified atom stereocenters. The number of amides is 2. The summed E-state index contributed by atoms with van der Waals surface area (Å²) in [6, 6.07) is 14.3. The number of hydrogen-bond donors (Lipinski definition) is 5. The number of anilines is 1. The van der Waals surface area contributed by atoms with Gasteiger partial charge < -0.3 is 35.6 Å². The third-order valence-electron chi connectivity index (χ3n) is 6.03. The molecular formula is C30H44N6O6. The second kappa shape index (κ2) is 19.5. The van der Waals surface area contributed by atoms with Crippen molar-refractivity contribution >= 4 is 35.7 Å². The number of carbonyl (C=O) groups excluding carboxylic acids is 3. The number of rotatable bonds is 15. The monoisotopic (exact) mass is 584 g/mol. The molecule has 0 heterocycles. The highest BCUT2D eigenvalue weighted by atomic mass is 16.5. The molecule has 12 heteroatoms. The average Bonchev–Trinajstić information content (AvgIpc) is 2.97. The topological polar surface area (TPSA) is 215 Å². The Kier molecular flexibility index (Phi) is 16.4. The van der Waals surface area contributed by atoms with Gasteiger partial charge in [-0.05, 0) is 54.7 Å². The SMILES string of the molecule is CCCCCNC(=O)N(C)c1cccc(-c2ccc(/C=C(\OCC)C(=O)[O-])cc2)c1.NC(N)=[NH+]CCC[C@H]([NH3+])C(=O)[O-]. The molecule has 2 rings (SSSR count). The van der Waals surface area contributed by atoms with Gasteiger partial charge in [-0.3, -0.25) is 21.4 Å². The summed E-state index contributed by atoms with van der Waals surface area (Å²) in [5, 5.41) is 24.2. The molecule has 1 atom stereocenters. The predicted molar refractivity (Wildman–Crippen MR) is 158 cm³/mol. The van der Waals surface area contributed by atoms with Gasteiger partial charge in [0.05, 0.1) is 19.1 Å². The summed E-state index contributed by atoms with van der Waals surface area (Å²) in [6.07, 6.45) is 5.74. The van der Waals surface area contributed by atoms with Crippen LogP contribution in [0, 0.1) is 0 Å². The summed E-state index contributed by atoms with van der Waals surface area (Å²) in [6.45, 7) is 5.33. The highest BCUT2D eigenvalue weighted by Crippen LogP contribution is 2.25. The van der Waals surface area contributed by atoms with E-state index in [1.165, 1.54) is 6.08 Å². The maximum Gasteiger partial charge on any atom is 0.338 e. The van der Waals surface area contributed by atoms with Crippen molar-refractivity contribution in [2.24, 2.45) is 11.5 Å². The van der Waals surface area contributed by atoms with E-state index in [4.69, 9.17) is 16.2 Å². The molecule has 0 aromatic heterocycles. The zero-order chi connectivity index (χ0) is 31.5. The van der Waals surface area contributed by atoms with E-state index in [0.717, 1.165) is 36.1 Å². The molecule has 230 valence electrons. The van der Waals surface area contributed by atoms with E-state index in [0.29, 0.717) is 31.5 Å². The first-order valence-corrected chi connectivity index (χ1v) is 13.9. The summed E-state index contributed by atoms with van der Waals surface area (Å²) >= 11 is 0. The number of guanidine groups is 1. The van der Waals surface area contributed by atoms with Gasteiger partial charge in [-0.25, -0.2) is 4.79 Å². The Morgan fingerprint density at radius 3 is 2.31 bits per heavy atom. The summed E-state index contributed by atoms with van der Waals surface area (Å²) in [5.74, 6) is -2.52. The molecule has 0 aliphatic rings. The minimum atomic E-state index is -1.34. The molecule has 2 aromatic carbocycles. The van der Waals surface area contributed by atoms with Crippen molar-refractivity contribution in [1.82, 2.24) is 5.32 Å². The Morgan fingerprint density at radius 2 is 1.74 bits per heavy atom. The lowest BCUT2D eigenvalue weighted by molar-refractivity contribution is -0.466. The van der Waals surface area contributed by atoms with Gasteiger partial charge in [0, 0.05) is 25.7 Å². The molecule has 0 spiro atoms. The summed E-state index contributed by atoms with van der Waals surface area (Å²) in [5.41, 5.74) is 17.0. The van der Waals surface area contributed by atoms with E-state index in [1.54, 1.807) is 18.9 Å². The summed E-state index contributed by atoms with van der Waals surface area (Å²) < 4.78 is 5.08. The third kappa shape index (κ3) is 13.7. The van der Waals surface area contributed by atoms with Crippen molar-refractivity contribution in [2.75, 3.05) is 31.6 Å². The molecule has 0 aliphatic carbocycles. The Bertz CT molecular complexity index is 1200. The molecule has 2 aromatic rings. The second-order valence-electron chi connectivity index (χ2n) is 9.44. The number of quaternary nitrogens is 1. The van der Waals surface area contributed by atoms with Gasteiger partial charge in [-0.2, -0.15) is 0 Å². The fourth-order valence-corrected chi connectivity index (χ4v) is 3.64. The number of unbranched alkanes of at least 4 members (excludes halogenated alkanes) is 2. The molecule has 0 bridgehead atoms. The van der Waals surface area contributed by atoms with E-state index < -0.39 is 18.0 Å². The van der Waals surface area contributed by atoms with Crippen molar-refractivity contribution < 1.29 is 40.1 Å². The molecular weight excluding hydrogens is 540 g/mol. The molecule has 0 fully saturated rings. The lowest BCUT2D eigenvalue weighted by Gasteiger charge is -2.19. The summed E-state index contributed by atoms with van der Waals surface area (Å²) in [7, 11) is 1.75. The van der Waals surface area contributed by atoms with Crippen molar-refractivity contribution in [3.05, 3.63) is 59.9 Å². The van der Waals surface area contributed by atoms with Gasteiger partial charge in [0.1, 0.15) is 17.8 Å². The fourth-order valence-electron chi connectivity index (χ4n) is 3.64. The smallest absolute Gasteiger partial charge is 0.338 e. The zero-order valence-electron chi connectivity index (χ0n) is 24.7. The van der Waals surface area contributed by atoms with Gasteiger partial charge in [-0.15, -0.1) is 0 Å². The van der Waals surface area contributed by atoms with Crippen molar-refractivity contribution in [3.8, 4) is 11.1 Å². The lowest BCUT2D eigenvalue weighted by Crippen LogP contribution is -2.78. The van der Waals surface area contributed by atoms with Crippen molar-refractivity contribution in [3.63, 3.8) is 0 Å². The number of carboxylic acids is 2. The molecule has 9 N–H and O–H groups in total. The Labute approximate surface area is 247 Å². The predicted octanol–water partition coefficient (Wildman–Crippen LogP) is -1.70. The molecule has 0 saturated heterocycles. The number of aliphatic carboxylic acids is 2. The van der Waals surface area contributed by atoms with E-state index in [2.05, 4.69) is 23.0 Å². The minimum Gasteiger partial charge on any atom is -0.544 e. The van der Waals surface area contributed by atoms with Crippen LogP contribution in [0.25, 0.3) is 17.2 Å². The van der Waals surface area contributed by atoms with Crippen LogP contribution in [0.1, 0.15) is 51.5 Å². The van der Waals surface area contributed by atoms with E-state index >= 15 is 0 Å². The van der Waals surface area contributed by atoms with Crippen LogP contribution in [0.15, 0.2) is 54.3 Å². The van der Waals surface area contributed by atoms with Crippen LogP contribution in [0.3, 0.4) is 0 Å². The molecule has 0 saturated carbocycles. The molecule has 2 amide bonds. The number of benzene rings is 2. The molecule has 42 heavy (non-hydrogen) atoms. The van der Waals surface area contributed by atoms with Crippen LogP contribution in [0.2, 0.25) is 0 Å². The first-order valence-electron chi connectivity index (χ1n) is 13.9. The number of carboxylic acid groups (broad SMARTS) is 2. The first kappa shape index (κ1) is 35.4. The number of hydrogen-bond acceptors (Lipinski definition) is 6. The first-order chi connectivity index (χ1) is 20.0. The average molecular weight is 585 g/mol. The zero-order valence-corrected chi connectivity index (χ0v) is 24.7. The largest absolute Gasteiger partial charge is 0.544 e. The number of urea groups is 1. The standard InChI is InChI=1S/C24H30N2O4.C6H14N4O2/c1-4-6-7-15-25-24(29)26(3)21-10-8-9-20(17-21)19-13-11-18(12-14-19)16-22(23(27)28)30-5-2;7-4(5(11)12)2-1-3-10-6(8)9/h8-14,16-17H,4-7,15H2,1-3H3,(H,25,29)(H,27,28);4H,1-3,7H2,(H,11,12)(H4,8,9,10)/b22-16-;/t;4-/m.0/s1. The Balaban J connectivity index is 0.000000619. The molecule has 0 aliphatic heterocycles. The van der Waals surface area contributed by atoms with Gasteiger partial charge in [0.25, 0.3) is 0 Å². The third-order valence-corrected chi connectivity index (χ3v) is 6.03. The fraction of sp³-hybridized carbons (Fsp3) is 0.400. The number of nitrogens with two attached hydrogens (primary N) is 2. The highest BCUT2D eigenvalue weighted by molar-refractivity contribution is 5.92. The maximum absolute atomic E-state index is 12.4. The maximum atomic E-state index is 12.4. The van der Waals surface area contributed by atoms with Crippen molar-refractivity contribution in [2.45, 2.75) is 52.0 Å². The van der Waals surface area contributed by atoms with Gasteiger partial charge >= 0.3 is 12.0 Å². The Hall–Kier alpha value is -4.58. The van der Waals surface area contributed by atoms with Crippen LogP contribution in [0.4, 0.5) is 10.5 Å². The van der Waals surface area contributed by atoms with Crippen LogP contribution < -0.4 is 42.6 Å². The Morgan fingerprint density at radius 1 is 1.05 bits per heavy atom. The van der Waals surface area contributed by atoms with Crippen LogP contribution >= 0.6 is 0 Å². The number of ether oxygens (including phenoxy) is 1. The quantitative estimate of drug-likeness (QED) is 0.0533. The summed E-state index contributed by atoms with van der Waals surface area (Å²) in [4.78, 5) is 37.9. The number of nitrogens with zero attached hydrogens (tertiary/aromatic N) is 1. The van der Waals surface area contributed by atoms with Crippen LogP contribution in [-0.2, 0) is 14.3 Å². The van der Waals surface area contributed by atoms with Gasteiger partial charge in [0.15, 0.2) is 0 Å². The highest BCUT2D eigenvalue weighted by Gasteiger charge is 2.11. The van der Waals surface area contributed by atoms with E-state index in [1.807, 2.05) is 48.5 Å². The van der Waals surface area contributed by atoms with Crippen LogP contribution in [-0.4, -0.2) is 56.7 Å². The van der Waals surface area contributed by atoms with E-state index in [-0.39, 0.29) is 24.4 Å². The normalized spacial score (nSPS) is 11.4. The van der Waals surface area contributed by atoms with Gasteiger partial charge in [0.2, 0.25) is 0 Å². The lowest BCUT2D eigenvalue weighted by atomic mass is 10.0. The van der Waals surface area contributed by atoms with Gasteiger partial charge in [-0.1, -0.05) is 56.2 Å². The minimum absolute atomic E-state index is 0.130.